The molecule has 0 saturated carbocycles. The van der Waals surface area contributed by atoms with E-state index in [4.69, 9.17) is 4.74 Å². The third-order valence-corrected chi connectivity index (χ3v) is 3.94. The smallest absolute Gasteiger partial charge is 0.410 e. The van der Waals surface area contributed by atoms with E-state index >= 15 is 0 Å². The Morgan fingerprint density at radius 1 is 1.27 bits per heavy atom. The number of carbonyl (C=O) groups is 2. The van der Waals surface area contributed by atoms with Crippen molar-refractivity contribution in [2.75, 3.05) is 32.7 Å². The molecule has 0 aromatic carbocycles. The Hall–Kier alpha value is -2.09. The van der Waals surface area contributed by atoms with Crippen molar-refractivity contribution < 1.29 is 14.3 Å². The molecule has 2 rings (SSSR count). The number of imidazole rings is 1. The summed E-state index contributed by atoms with van der Waals surface area (Å²) in [7, 11) is 0. The number of rotatable bonds is 5. The normalized spacial score (nSPS) is 14.9. The summed E-state index contributed by atoms with van der Waals surface area (Å²) in [6, 6.07) is 0. The number of hydrogen-bond acceptors (Lipinski definition) is 5. The summed E-state index contributed by atoms with van der Waals surface area (Å²) in [6.07, 6.45) is 6.90. The van der Waals surface area contributed by atoms with E-state index in [0.717, 1.165) is 39.0 Å². The van der Waals surface area contributed by atoms with E-state index in [-0.39, 0.29) is 17.2 Å². The molecule has 26 heavy (non-hydrogen) atoms. The molecular formula is C18H33N5O3. The minimum atomic E-state index is -0.387. The van der Waals surface area contributed by atoms with Crippen molar-refractivity contribution >= 4 is 12.5 Å². The summed E-state index contributed by atoms with van der Waals surface area (Å²) in [4.78, 5) is 27.3. The van der Waals surface area contributed by atoms with Crippen LogP contribution >= 0.6 is 0 Å². The number of amides is 2. The van der Waals surface area contributed by atoms with Gasteiger partial charge < -0.3 is 24.8 Å². The van der Waals surface area contributed by atoms with Crippen LogP contribution in [0.1, 0.15) is 41.0 Å². The number of nitrogens with zero attached hydrogens (tertiary/aromatic N) is 3. The van der Waals surface area contributed by atoms with Crippen LogP contribution in [0, 0.1) is 0 Å². The first-order valence-electron chi connectivity index (χ1n) is 9.00. The van der Waals surface area contributed by atoms with E-state index in [1.165, 1.54) is 0 Å². The zero-order chi connectivity index (χ0) is 19.6. The lowest BCUT2D eigenvalue weighted by molar-refractivity contribution is -0.109. The number of carbonyl (C=O) groups excluding carboxylic acids is 2. The largest absolute Gasteiger partial charge is 0.444 e. The van der Waals surface area contributed by atoms with Gasteiger partial charge in [-0.25, -0.2) is 9.78 Å². The van der Waals surface area contributed by atoms with Gasteiger partial charge in [0.05, 0.1) is 6.33 Å². The van der Waals surface area contributed by atoms with Crippen LogP contribution in [0.4, 0.5) is 4.79 Å². The maximum Gasteiger partial charge on any atom is 0.410 e. The summed E-state index contributed by atoms with van der Waals surface area (Å²) in [5.41, 5.74) is -0.380. The Morgan fingerprint density at radius 3 is 2.42 bits per heavy atom. The van der Waals surface area contributed by atoms with Gasteiger partial charge in [0.25, 0.3) is 0 Å². The fraction of sp³-hybridized carbons (Fsp3) is 0.722. The van der Waals surface area contributed by atoms with Gasteiger partial charge in [0.15, 0.2) is 0 Å². The Labute approximate surface area is 156 Å². The van der Waals surface area contributed by atoms with Crippen LogP contribution in [-0.2, 0) is 15.1 Å². The number of nitrogens with one attached hydrogen (secondary N) is 2. The SMILES string of the molecule is CC(C)(C)OC(=O)N1CCNCC1.CC(C)(CCNC=O)n1ccnc1. The molecular weight excluding hydrogens is 334 g/mol. The standard InChI is InChI=1S/C9H15N3O.C9H18N2O2/c1-9(2,3-4-11-8-13)12-6-5-10-7-12;1-9(2,3)13-8(12)11-6-4-10-5-7-11/h5-8H,3-4H2,1-2H3,(H,11,13);10H,4-7H2,1-3H3. The van der Waals surface area contributed by atoms with Crippen LogP contribution in [0.2, 0.25) is 0 Å². The zero-order valence-corrected chi connectivity index (χ0v) is 16.6. The molecule has 8 nitrogen and oxygen atoms in total. The first-order chi connectivity index (χ1) is 12.2. The summed E-state index contributed by atoms with van der Waals surface area (Å²) in [5, 5.41) is 5.83. The fourth-order valence-electron chi connectivity index (χ4n) is 2.36. The minimum Gasteiger partial charge on any atom is -0.444 e. The van der Waals surface area contributed by atoms with Gasteiger partial charge in [-0.3, -0.25) is 4.79 Å². The van der Waals surface area contributed by atoms with E-state index in [9.17, 15) is 9.59 Å². The third-order valence-electron chi connectivity index (χ3n) is 3.94. The van der Waals surface area contributed by atoms with E-state index in [0.29, 0.717) is 6.54 Å². The zero-order valence-electron chi connectivity index (χ0n) is 16.6. The molecule has 8 heteroatoms. The number of hydrogen-bond donors (Lipinski definition) is 2. The molecule has 1 saturated heterocycles. The van der Waals surface area contributed by atoms with Crippen molar-refractivity contribution in [2.24, 2.45) is 0 Å². The molecule has 2 amide bonds. The lowest BCUT2D eigenvalue weighted by Crippen LogP contribution is -2.48. The highest BCUT2D eigenvalue weighted by Crippen LogP contribution is 2.17. The van der Waals surface area contributed by atoms with Crippen molar-refractivity contribution in [2.45, 2.75) is 52.2 Å². The second-order valence-electron chi connectivity index (χ2n) is 7.82. The second kappa shape index (κ2) is 10.2. The Bertz CT molecular complexity index is 532. The predicted octanol–water partition coefficient (Wildman–Crippen LogP) is 1.58. The lowest BCUT2D eigenvalue weighted by Gasteiger charge is -2.30. The van der Waals surface area contributed by atoms with Gasteiger partial charge in [-0.2, -0.15) is 0 Å². The van der Waals surface area contributed by atoms with Crippen molar-refractivity contribution in [1.29, 1.82) is 0 Å². The fourth-order valence-corrected chi connectivity index (χ4v) is 2.36. The molecule has 1 aliphatic heterocycles. The third kappa shape index (κ3) is 8.33. The van der Waals surface area contributed by atoms with Gasteiger partial charge in [-0.15, -0.1) is 0 Å². The lowest BCUT2D eigenvalue weighted by atomic mass is 10.0. The summed E-state index contributed by atoms with van der Waals surface area (Å²) in [5.74, 6) is 0. The van der Waals surface area contributed by atoms with Crippen LogP contribution in [0.5, 0.6) is 0 Å². The van der Waals surface area contributed by atoms with E-state index in [1.807, 2.05) is 31.5 Å². The average Bonchev–Trinajstić information content (AvgIpc) is 3.10. The predicted molar refractivity (Wildman–Crippen MR) is 101 cm³/mol. The van der Waals surface area contributed by atoms with Crippen molar-refractivity contribution in [3.8, 4) is 0 Å². The Kier molecular flexibility index (Phi) is 8.57. The van der Waals surface area contributed by atoms with Crippen LogP contribution in [0.15, 0.2) is 18.7 Å². The highest BCUT2D eigenvalue weighted by molar-refractivity contribution is 5.68. The van der Waals surface area contributed by atoms with Crippen LogP contribution in [0.25, 0.3) is 0 Å². The van der Waals surface area contributed by atoms with Crippen LogP contribution < -0.4 is 10.6 Å². The quantitative estimate of drug-likeness (QED) is 0.609. The number of aromatic nitrogens is 2. The highest BCUT2D eigenvalue weighted by Gasteiger charge is 2.22. The Morgan fingerprint density at radius 2 is 1.92 bits per heavy atom. The molecule has 0 spiro atoms. The first kappa shape index (κ1) is 22.0. The van der Waals surface area contributed by atoms with Gasteiger partial charge in [0, 0.05) is 50.7 Å². The van der Waals surface area contributed by atoms with Crippen molar-refractivity contribution in [3.05, 3.63) is 18.7 Å². The van der Waals surface area contributed by atoms with Gasteiger partial charge in [-0.05, 0) is 41.0 Å². The first-order valence-corrected chi connectivity index (χ1v) is 9.00. The molecule has 2 N–H and O–H groups in total. The number of piperazine rings is 1. The van der Waals surface area contributed by atoms with E-state index in [1.54, 1.807) is 17.4 Å². The summed E-state index contributed by atoms with van der Waals surface area (Å²) < 4.78 is 7.28. The molecule has 1 aliphatic rings. The second-order valence-corrected chi connectivity index (χ2v) is 7.82. The summed E-state index contributed by atoms with van der Waals surface area (Å²) >= 11 is 0. The molecule has 1 aromatic heterocycles. The molecule has 0 unspecified atom stereocenters. The van der Waals surface area contributed by atoms with Gasteiger partial charge in [0.2, 0.25) is 6.41 Å². The minimum absolute atomic E-state index is 0.00646. The Balaban J connectivity index is 0.000000260. The van der Waals surface area contributed by atoms with E-state index in [2.05, 4.69) is 29.5 Å². The van der Waals surface area contributed by atoms with Crippen LogP contribution in [0.3, 0.4) is 0 Å². The molecule has 0 radical (unpaired) electrons. The monoisotopic (exact) mass is 367 g/mol. The van der Waals surface area contributed by atoms with Gasteiger partial charge >= 0.3 is 6.09 Å². The molecule has 0 bridgehead atoms. The molecule has 0 aliphatic carbocycles. The molecule has 1 fully saturated rings. The van der Waals surface area contributed by atoms with Gasteiger partial charge in [-0.1, -0.05) is 0 Å². The maximum absolute atomic E-state index is 11.5. The molecule has 0 atom stereocenters. The van der Waals surface area contributed by atoms with Crippen molar-refractivity contribution in [3.63, 3.8) is 0 Å². The topological polar surface area (TPSA) is 88.5 Å². The van der Waals surface area contributed by atoms with Crippen molar-refractivity contribution in [1.82, 2.24) is 25.1 Å². The molecule has 1 aromatic rings. The van der Waals surface area contributed by atoms with E-state index < -0.39 is 0 Å². The maximum atomic E-state index is 11.5. The van der Waals surface area contributed by atoms with Gasteiger partial charge in [0.1, 0.15) is 5.60 Å². The average molecular weight is 367 g/mol. The molecule has 2 heterocycles. The van der Waals surface area contributed by atoms with Crippen LogP contribution in [-0.4, -0.2) is 65.3 Å². The number of ether oxygens (including phenoxy) is 1. The highest BCUT2D eigenvalue weighted by atomic mass is 16.6. The summed E-state index contributed by atoms with van der Waals surface area (Å²) in [6.45, 7) is 13.8. The molecule has 148 valence electrons.